The van der Waals surface area contributed by atoms with Crippen molar-refractivity contribution in [1.29, 1.82) is 0 Å². The third kappa shape index (κ3) is 3.28. The van der Waals surface area contributed by atoms with E-state index in [0.29, 0.717) is 0 Å². The second-order valence-electron chi connectivity index (χ2n) is 6.26. The summed E-state index contributed by atoms with van der Waals surface area (Å²) in [5.41, 5.74) is 1.63. The molecular formula is C20H21NO4. The van der Waals surface area contributed by atoms with Crippen LogP contribution in [0.5, 0.6) is 0 Å². The number of likely N-dealkylation sites (N-methyl/N-ethyl adjacent to an activating group) is 1. The van der Waals surface area contributed by atoms with Gasteiger partial charge in [-0.1, -0.05) is 60.7 Å². The van der Waals surface area contributed by atoms with Gasteiger partial charge in [-0.05, 0) is 11.1 Å². The normalized spacial score (nSPS) is 24.2. The van der Waals surface area contributed by atoms with Crippen LogP contribution in [0.4, 0.5) is 0 Å². The standard InChI is InChI=1S/C20H21NO4/c1-13(22)25-19(15-11-7-4-8-12-15)17-16(14-9-5-3-6-10-14)18(23)20(24)21(17)2/h3-12,16-19,23H,1-2H3/t16-,17-,18-,19+/m1/s1. The number of aliphatic hydroxyl groups excluding tert-OH is 1. The Morgan fingerprint density at radius 1 is 1.08 bits per heavy atom. The number of amides is 1. The molecule has 5 heteroatoms. The number of carbonyl (C=O) groups excluding carboxylic acids is 2. The molecule has 5 nitrogen and oxygen atoms in total. The third-order valence-electron chi connectivity index (χ3n) is 4.67. The first-order chi connectivity index (χ1) is 12.0. The first kappa shape index (κ1) is 17.2. The van der Waals surface area contributed by atoms with Gasteiger partial charge in [-0.2, -0.15) is 0 Å². The number of aliphatic hydroxyl groups is 1. The molecule has 0 spiro atoms. The van der Waals surface area contributed by atoms with Crippen molar-refractivity contribution in [2.24, 2.45) is 0 Å². The van der Waals surface area contributed by atoms with Gasteiger partial charge in [0.05, 0.1) is 6.04 Å². The van der Waals surface area contributed by atoms with Gasteiger partial charge in [-0.15, -0.1) is 0 Å². The topological polar surface area (TPSA) is 66.8 Å². The van der Waals surface area contributed by atoms with Crippen LogP contribution in [-0.4, -0.2) is 41.1 Å². The van der Waals surface area contributed by atoms with Crippen molar-refractivity contribution in [3.63, 3.8) is 0 Å². The molecule has 2 aromatic carbocycles. The zero-order valence-electron chi connectivity index (χ0n) is 14.2. The zero-order chi connectivity index (χ0) is 18.0. The summed E-state index contributed by atoms with van der Waals surface area (Å²) >= 11 is 0. The van der Waals surface area contributed by atoms with Gasteiger partial charge >= 0.3 is 5.97 Å². The number of benzene rings is 2. The maximum absolute atomic E-state index is 12.5. The lowest BCUT2D eigenvalue weighted by molar-refractivity contribution is -0.151. The molecule has 1 aliphatic rings. The van der Waals surface area contributed by atoms with Crippen molar-refractivity contribution in [3.05, 3.63) is 71.8 Å². The number of rotatable bonds is 4. The summed E-state index contributed by atoms with van der Waals surface area (Å²) in [7, 11) is 1.64. The smallest absolute Gasteiger partial charge is 0.303 e. The Kier molecular flexibility index (Phi) is 4.86. The van der Waals surface area contributed by atoms with Crippen molar-refractivity contribution >= 4 is 11.9 Å². The molecule has 25 heavy (non-hydrogen) atoms. The maximum atomic E-state index is 12.5. The van der Waals surface area contributed by atoms with Gasteiger partial charge in [0.25, 0.3) is 5.91 Å². The highest BCUT2D eigenvalue weighted by Gasteiger charge is 2.51. The van der Waals surface area contributed by atoms with Crippen molar-refractivity contribution in [1.82, 2.24) is 4.90 Å². The third-order valence-corrected chi connectivity index (χ3v) is 4.67. The first-order valence-corrected chi connectivity index (χ1v) is 8.22. The highest BCUT2D eigenvalue weighted by Crippen LogP contribution is 2.41. The van der Waals surface area contributed by atoms with Crippen LogP contribution < -0.4 is 0 Å². The number of ether oxygens (including phenoxy) is 1. The van der Waals surface area contributed by atoms with Crippen molar-refractivity contribution < 1.29 is 19.4 Å². The van der Waals surface area contributed by atoms with Crippen LogP contribution in [0.15, 0.2) is 60.7 Å². The van der Waals surface area contributed by atoms with Gasteiger partial charge in [-0.3, -0.25) is 9.59 Å². The molecule has 1 N–H and O–H groups in total. The molecule has 0 unspecified atom stereocenters. The minimum Gasteiger partial charge on any atom is -0.455 e. The van der Waals surface area contributed by atoms with Crippen LogP contribution in [0.25, 0.3) is 0 Å². The van der Waals surface area contributed by atoms with E-state index >= 15 is 0 Å². The van der Waals surface area contributed by atoms with Crippen LogP contribution in [0.1, 0.15) is 30.1 Å². The monoisotopic (exact) mass is 339 g/mol. The van der Waals surface area contributed by atoms with E-state index < -0.39 is 30.1 Å². The molecule has 0 aliphatic carbocycles. The molecule has 1 aliphatic heterocycles. The van der Waals surface area contributed by atoms with Gasteiger partial charge in [-0.25, -0.2) is 0 Å². The fraction of sp³-hybridized carbons (Fsp3) is 0.300. The highest BCUT2D eigenvalue weighted by molar-refractivity contribution is 5.85. The van der Waals surface area contributed by atoms with Crippen molar-refractivity contribution in [3.8, 4) is 0 Å². The van der Waals surface area contributed by atoms with Crippen LogP contribution in [0.2, 0.25) is 0 Å². The van der Waals surface area contributed by atoms with E-state index in [-0.39, 0.29) is 5.91 Å². The van der Waals surface area contributed by atoms with Gasteiger partial charge in [0.15, 0.2) is 0 Å². The van der Waals surface area contributed by atoms with Gasteiger partial charge in [0.2, 0.25) is 0 Å². The molecule has 1 amide bonds. The quantitative estimate of drug-likeness (QED) is 0.868. The molecular weight excluding hydrogens is 318 g/mol. The summed E-state index contributed by atoms with van der Waals surface area (Å²) in [5, 5.41) is 10.5. The summed E-state index contributed by atoms with van der Waals surface area (Å²) in [6.45, 7) is 1.35. The van der Waals surface area contributed by atoms with E-state index in [1.54, 1.807) is 7.05 Å². The molecule has 1 heterocycles. The van der Waals surface area contributed by atoms with Crippen LogP contribution in [0, 0.1) is 0 Å². The molecule has 0 aromatic heterocycles. The molecule has 1 fully saturated rings. The lowest BCUT2D eigenvalue weighted by Crippen LogP contribution is -2.38. The molecule has 2 aromatic rings. The SMILES string of the molecule is CC(=O)O[C@@H](c1ccccc1)[C@H]1[C@@H](c2ccccc2)[C@@H](O)C(=O)N1C. The number of hydrogen-bond donors (Lipinski definition) is 1. The lowest BCUT2D eigenvalue weighted by atomic mass is 9.85. The Bertz CT molecular complexity index is 747. The number of carbonyl (C=O) groups is 2. The van der Waals surface area contributed by atoms with Gasteiger partial charge in [0.1, 0.15) is 12.2 Å². The predicted octanol–water partition coefficient (Wildman–Crippen LogP) is 2.28. The molecule has 0 saturated carbocycles. The van der Waals surface area contributed by atoms with Crippen LogP contribution in [-0.2, 0) is 14.3 Å². The average Bonchev–Trinajstić information content (AvgIpc) is 2.85. The minimum atomic E-state index is -1.17. The van der Waals surface area contributed by atoms with Crippen LogP contribution in [0.3, 0.4) is 0 Å². The average molecular weight is 339 g/mol. The Labute approximate surface area is 146 Å². The Balaban J connectivity index is 2.08. The lowest BCUT2D eigenvalue weighted by Gasteiger charge is -2.32. The number of hydrogen-bond acceptors (Lipinski definition) is 4. The Morgan fingerprint density at radius 3 is 2.20 bits per heavy atom. The van der Waals surface area contributed by atoms with Gasteiger partial charge in [0, 0.05) is 19.9 Å². The fourth-order valence-electron chi connectivity index (χ4n) is 3.54. The van der Waals surface area contributed by atoms with Crippen molar-refractivity contribution in [2.75, 3.05) is 7.05 Å². The largest absolute Gasteiger partial charge is 0.455 e. The fourth-order valence-corrected chi connectivity index (χ4v) is 3.54. The number of nitrogens with zero attached hydrogens (tertiary/aromatic N) is 1. The predicted molar refractivity (Wildman–Crippen MR) is 92.7 cm³/mol. The molecule has 0 bridgehead atoms. The number of esters is 1. The maximum Gasteiger partial charge on any atom is 0.303 e. The van der Waals surface area contributed by atoms with E-state index in [0.717, 1.165) is 11.1 Å². The summed E-state index contributed by atoms with van der Waals surface area (Å²) in [6.07, 6.45) is -1.82. The Morgan fingerprint density at radius 2 is 1.64 bits per heavy atom. The van der Waals surface area contributed by atoms with Crippen LogP contribution >= 0.6 is 0 Å². The second kappa shape index (κ2) is 7.07. The molecule has 130 valence electrons. The van der Waals surface area contributed by atoms with Crippen molar-refractivity contribution in [2.45, 2.75) is 31.1 Å². The summed E-state index contributed by atoms with van der Waals surface area (Å²) in [4.78, 5) is 25.7. The Hall–Kier alpha value is -2.66. The second-order valence-corrected chi connectivity index (χ2v) is 6.26. The van der Waals surface area contributed by atoms with E-state index in [2.05, 4.69) is 0 Å². The highest BCUT2D eigenvalue weighted by atomic mass is 16.5. The van der Waals surface area contributed by atoms with E-state index in [1.165, 1.54) is 11.8 Å². The minimum absolute atomic E-state index is 0.369. The van der Waals surface area contributed by atoms with Gasteiger partial charge < -0.3 is 14.7 Å². The van der Waals surface area contributed by atoms with E-state index in [4.69, 9.17) is 4.74 Å². The summed E-state index contributed by atoms with van der Waals surface area (Å²) in [5.74, 6) is -1.28. The zero-order valence-corrected chi connectivity index (χ0v) is 14.2. The first-order valence-electron chi connectivity index (χ1n) is 8.22. The molecule has 4 atom stereocenters. The summed E-state index contributed by atoms with van der Waals surface area (Å²) in [6, 6.07) is 18.2. The summed E-state index contributed by atoms with van der Waals surface area (Å²) < 4.78 is 5.60. The molecule has 1 saturated heterocycles. The molecule has 0 radical (unpaired) electrons. The molecule has 3 rings (SSSR count). The number of likely N-dealkylation sites (tertiary alicyclic amines) is 1. The van der Waals surface area contributed by atoms with E-state index in [9.17, 15) is 14.7 Å². The van der Waals surface area contributed by atoms with E-state index in [1.807, 2.05) is 60.7 Å².